The van der Waals surface area contributed by atoms with E-state index >= 15 is 0 Å². The molecule has 0 fully saturated rings. The van der Waals surface area contributed by atoms with E-state index in [1.165, 1.54) is 0 Å². The number of aromatic nitrogens is 2. The molecule has 3 rings (SSSR count). The summed E-state index contributed by atoms with van der Waals surface area (Å²) in [6, 6.07) is 9.98. The van der Waals surface area contributed by atoms with E-state index in [2.05, 4.69) is 4.98 Å². The van der Waals surface area contributed by atoms with E-state index in [4.69, 9.17) is 10.5 Å². The molecule has 2 N–H and O–H groups in total. The molecule has 3 aromatic rings. The Morgan fingerprint density at radius 3 is 2.48 bits per heavy atom. The number of primary amides is 1. The van der Waals surface area contributed by atoms with Crippen molar-refractivity contribution in [1.82, 2.24) is 9.38 Å². The lowest BCUT2D eigenvalue weighted by Gasteiger charge is -2.09. The maximum Gasteiger partial charge on any atom is 0.289 e. The zero-order valence-electron chi connectivity index (χ0n) is 15.8. The number of ketones is 1. The summed E-state index contributed by atoms with van der Waals surface area (Å²) < 4.78 is 7.62. The highest BCUT2D eigenvalue weighted by molar-refractivity contribution is 6.44. The highest BCUT2D eigenvalue weighted by Gasteiger charge is 2.28. The number of rotatable bonds is 7. The molecule has 0 unspecified atom stereocenters. The molecule has 0 spiro atoms. The predicted molar refractivity (Wildman–Crippen MR) is 103 cm³/mol. The fourth-order valence-corrected chi connectivity index (χ4v) is 3.44. The highest BCUT2D eigenvalue weighted by Crippen LogP contribution is 2.32. The molecule has 0 radical (unpaired) electrons. The Bertz CT molecular complexity index is 1010. The van der Waals surface area contributed by atoms with E-state index in [1.54, 1.807) is 0 Å². The summed E-state index contributed by atoms with van der Waals surface area (Å²) in [6.07, 6.45) is 3.07. The standard InChI is InChI=1S/C21H23N3O3/c1-4-15-16(11-14-9-7-6-8-10-14)24-12-13(3)23-21(27-5-2)18(24)17(15)19(25)20(22)26/h6-10,12H,4-5,11H2,1-3H3,(H2,22,26). The summed E-state index contributed by atoms with van der Waals surface area (Å²) in [6.45, 7) is 6.08. The molecule has 2 aromatic heterocycles. The lowest BCUT2D eigenvalue weighted by molar-refractivity contribution is -0.114. The molecule has 27 heavy (non-hydrogen) atoms. The second-order valence-corrected chi connectivity index (χ2v) is 6.35. The number of ether oxygens (including phenoxy) is 1. The molecule has 0 aliphatic heterocycles. The maximum atomic E-state index is 12.7. The van der Waals surface area contributed by atoms with Crippen molar-refractivity contribution in [3.8, 4) is 5.88 Å². The molecular weight excluding hydrogens is 342 g/mol. The number of aryl methyl sites for hydroxylation is 1. The van der Waals surface area contributed by atoms with Gasteiger partial charge in [-0.1, -0.05) is 37.3 Å². The van der Waals surface area contributed by atoms with Crippen LogP contribution in [0, 0.1) is 6.92 Å². The number of amides is 1. The average molecular weight is 365 g/mol. The van der Waals surface area contributed by atoms with E-state index in [-0.39, 0.29) is 0 Å². The van der Waals surface area contributed by atoms with Gasteiger partial charge in [-0.25, -0.2) is 4.98 Å². The van der Waals surface area contributed by atoms with Gasteiger partial charge in [-0.3, -0.25) is 9.59 Å². The molecule has 0 bridgehead atoms. The van der Waals surface area contributed by atoms with Gasteiger partial charge in [0, 0.05) is 18.3 Å². The zero-order valence-corrected chi connectivity index (χ0v) is 15.8. The molecule has 2 heterocycles. The molecule has 140 valence electrons. The Balaban J connectivity index is 2.36. The summed E-state index contributed by atoms with van der Waals surface area (Å²) in [5.41, 5.74) is 9.76. The van der Waals surface area contributed by atoms with Crippen LogP contribution in [0.2, 0.25) is 0 Å². The summed E-state index contributed by atoms with van der Waals surface area (Å²) >= 11 is 0. The Hall–Kier alpha value is -3.15. The number of hydrogen-bond acceptors (Lipinski definition) is 4. The van der Waals surface area contributed by atoms with Gasteiger partial charge in [-0.05, 0) is 31.4 Å². The number of fused-ring (bicyclic) bond motifs is 1. The highest BCUT2D eigenvalue weighted by atomic mass is 16.5. The third-order valence-corrected chi connectivity index (χ3v) is 4.51. The summed E-state index contributed by atoms with van der Waals surface area (Å²) in [7, 11) is 0. The summed E-state index contributed by atoms with van der Waals surface area (Å²) in [5, 5.41) is 0. The van der Waals surface area contributed by atoms with Crippen LogP contribution >= 0.6 is 0 Å². The smallest absolute Gasteiger partial charge is 0.289 e. The van der Waals surface area contributed by atoms with Crippen LogP contribution in [-0.2, 0) is 17.6 Å². The minimum Gasteiger partial charge on any atom is -0.476 e. The van der Waals surface area contributed by atoms with Crippen molar-refractivity contribution in [2.45, 2.75) is 33.6 Å². The minimum absolute atomic E-state index is 0.298. The second kappa shape index (κ2) is 7.61. The van der Waals surface area contributed by atoms with Crippen molar-refractivity contribution in [1.29, 1.82) is 0 Å². The van der Waals surface area contributed by atoms with Crippen LogP contribution in [0.25, 0.3) is 5.52 Å². The first-order valence-electron chi connectivity index (χ1n) is 9.02. The van der Waals surface area contributed by atoms with Gasteiger partial charge in [0.1, 0.15) is 5.52 Å². The minimum atomic E-state index is -0.980. The van der Waals surface area contributed by atoms with Crippen molar-refractivity contribution in [3.05, 3.63) is 64.6 Å². The molecule has 6 heteroatoms. The second-order valence-electron chi connectivity index (χ2n) is 6.35. The summed E-state index contributed by atoms with van der Waals surface area (Å²) in [5.74, 6) is -1.35. The van der Waals surface area contributed by atoms with E-state index in [0.29, 0.717) is 36.4 Å². The number of nitrogens with two attached hydrogens (primary N) is 1. The molecule has 6 nitrogen and oxygen atoms in total. The Kier molecular flexibility index (Phi) is 5.26. The van der Waals surface area contributed by atoms with Crippen molar-refractivity contribution in [3.63, 3.8) is 0 Å². The van der Waals surface area contributed by atoms with Gasteiger partial charge in [0.05, 0.1) is 17.9 Å². The van der Waals surface area contributed by atoms with Crippen LogP contribution in [0.15, 0.2) is 36.5 Å². The molecule has 0 atom stereocenters. The number of benzene rings is 1. The topological polar surface area (TPSA) is 86.7 Å². The van der Waals surface area contributed by atoms with Crippen LogP contribution in [0.1, 0.15) is 46.7 Å². The molecule has 0 aliphatic rings. The van der Waals surface area contributed by atoms with E-state index in [9.17, 15) is 9.59 Å². The molecule has 1 aromatic carbocycles. The Morgan fingerprint density at radius 1 is 1.19 bits per heavy atom. The number of carbonyl (C=O) groups is 2. The maximum absolute atomic E-state index is 12.7. The van der Waals surface area contributed by atoms with Crippen LogP contribution in [0.5, 0.6) is 5.88 Å². The predicted octanol–water partition coefficient (Wildman–Crippen LogP) is 2.86. The number of nitrogens with zero attached hydrogens (tertiary/aromatic N) is 2. The Morgan fingerprint density at radius 2 is 1.89 bits per heavy atom. The van der Waals surface area contributed by atoms with Gasteiger partial charge in [0.25, 0.3) is 11.7 Å². The van der Waals surface area contributed by atoms with E-state index < -0.39 is 11.7 Å². The molecule has 0 aliphatic carbocycles. The van der Waals surface area contributed by atoms with Crippen LogP contribution in [0.3, 0.4) is 0 Å². The van der Waals surface area contributed by atoms with Gasteiger partial charge in [-0.2, -0.15) is 0 Å². The quantitative estimate of drug-likeness (QED) is 0.515. The van der Waals surface area contributed by atoms with Crippen molar-refractivity contribution in [2.75, 3.05) is 6.61 Å². The first-order valence-corrected chi connectivity index (χ1v) is 9.02. The van der Waals surface area contributed by atoms with Crippen LogP contribution in [0.4, 0.5) is 0 Å². The largest absolute Gasteiger partial charge is 0.476 e. The molecule has 0 saturated carbocycles. The normalized spacial score (nSPS) is 10.9. The first-order chi connectivity index (χ1) is 13.0. The monoisotopic (exact) mass is 365 g/mol. The first kappa shape index (κ1) is 18.6. The number of carbonyl (C=O) groups excluding carboxylic acids is 2. The van der Waals surface area contributed by atoms with E-state index in [1.807, 2.05) is 61.7 Å². The van der Waals surface area contributed by atoms with Crippen molar-refractivity contribution < 1.29 is 14.3 Å². The van der Waals surface area contributed by atoms with Gasteiger partial charge in [0.15, 0.2) is 0 Å². The van der Waals surface area contributed by atoms with E-state index in [0.717, 1.165) is 22.5 Å². The lowest BCUT2D eigenvalue weighted by Crippen LogP contribution is -2.24. The lowest BCUT2D eigenvalue weighted by atomic mass is 9.99. The van der Waals surface area contributed by atoms with Gasteiger partial charge < -0.3 is 14.9 Å². The van der Waals surface area contributed by atoms with Gasteiger partial charge >= 0.3 is 0 Å². The van der Waals surface area contributed by atoms with Crippen LogP contribution < -0.4 is 10.5 Å². The Labute approximate surface area is 158 Å². The third-order valence-electron chi connectivity index (χ3n) is 4.51. The fraction of sp³-hybridized carbons (Fsp3) is 0.286. The van der Waals surface area contributed by atoms with Crippen molar-refractivity contribution >= 4 is 17.2 Å². The van der Waals surface area contributed by atoms with Crippen molar-refractivity contribution in [2.24, 2.45) is 5.73 Å². The molecule has 1 amide bonds. The summed E-state index contributed by atoms with van der Waals surface area (Å²) in [4.78, 5) is 28.8. The molecule has 0 saturated heterocycles. The fourth-order valence-electron chi connectivity index (χ4n) is 3.44. The average Bonchev–Trinajstić information content (AvgIpc) is 2.95. The van der Waals surface area contributed by atoms with Gasteiger partial charge in [-0.15, -0.1) is 0 Å². The molecular formula is C21H23N3O3. The number of Topliss-reactive ketones (excluding diaryl/α,β-unsaturated/α-hetero) is 1. The number of hydrogen-bond donors (Lipinski definition) is 1. The zero-order chi connectivity index (χ0) is 19.6. The SMILES string of the molecule is CCOc1nc(C)cn2c(Cc3ccccc3)c(CC)c(C(=O)C(N)=O)c12. The van der Waals surface area contributed by atoms with Crippen LogP contribution in [-0.4, -0.2) is 27.7 Å². The third kappa shape index (κ3) is 3.43. The van der Waals surface area contributed by atoms with Gasteiger partial charge in [0.2, 0.25) is 5.88 Å².